The topological polar surface area (TPSA) is 108 Å². The lowest BCUT2D eigenvalue weighted by molar-refractivity contribution is -0.119. The molecule has 0 bridgehead atoms. The summed E-state index contributed by atoms with van der Waals surface area (Å²) in [6, 6.07) is 8.48. The van der Waals surface area contributed by atoms with Gasteiger partial charge in [0.1, 0.15) is 11.1 Å². The van der Waals surface area contributed by atoms with Crippen LogP contribution in [-0.4, -0.2) is 24.4 Å². The second kappa shape index (κ2) is 8.27. The van der Waals surface area contributed by atoms with Crippen molar-refractivity contribution in [1.29, 1.82) is 5.26 Å². The van der Waals surface area contributed by atoms with Gasteiger partial charge in [0.25, 0.3) is 5.91 Å². The van der Waals surface area contributed by atoms with Crippen LogP contribution in [0.3, 0.4) is 0 Å². The normalized spacial score (nSPS) is 9.92. The van der Waals surface area contributed by atoms with Gasteiger partial charge in [-0.3, -0.25) is 9.59 Å². The van der Waals surface area contributed by atoms with Gasteiger partial charge in [-0.25, -0.2) is 4.79 Å². The number of amides is 2. The second-order valence-electron chi connectivity index (χ2n) is 5.45. The lowest BCUT2D eigenvalue weighted by Gasteiger charge is -2.09. The Morgan fingerprint density at radius 2 is 1.88 bits per heavy atom. The molecule has 0 aliphatic carbocycles. The highest BCUT2D eigenvalue weighted by Gasteiger charge is 2.22. The van der Waals surface area contributed by atoms with Crippen molar-refractivity contribution in [2.75, 3.05) is 17.2 Å². The number of para-hydroxylation sites is 1. The number of nitrogens with zero attached hydrogens (tertiary/aromatic N) is 1. The highest BCUT2D eigenvalue weighted by molar-refractivity contribution is 7.16. The van der Waals surface area contributed by atoms with Crippen molar-refractivity contribution in [2.45, 2.75) is 20.8 Å². The Balaban J connectivity index is 2.06. The number of hydrogen-bond donors (Lipinski definition) is 2. The Hall–Kier alpha value is -3.18. The Morgan fingerprint density at radius 3 is 2.54 bits per heavy atom. The summed E-state index contributed by atoms with van der Waals surface area (Å²) in [5.74, 6) is -1.56. The predicted octanol–water partition coefficient (Wildman–Crippen LogP) is 2.99. The van der Waals surface area contributed by atoms with Crippen molar-refractivity contribution >= 4 is 39.8 Å². The van der Waals surface area contributed by atoms with Crippen molar-refractivity contribution in [1.82, 2.24) is 0 Å². The number of hydrogen-bond acceptors (Lipinski definition) is 6. The monoisotopic (exact) mass is 371 g/mol. The van der Waals surface area contributed by atoms with Gasteiger partial charge >= 0.3 is 5.97 Å². The van der Waals surface area contributed by atoms with E-state index in [0.29, 0.717) is 21.8 Å². The zero-order chi connectivity index (χ0) is 19.3. The average Bonchev–Trinajstić information content (AvgIpc) is 2.86. The molecule has 0 fully saturated rings. The smallest absolute Gasteiger partial charge is 0.341 e. The van der Waals surface area contributed by atoms with E-state index < -0.39 is 18.5 Å². The van der Waals surface area contributed by atoms with Gasteiger partial charge in [-0.15, -0.1) is 11.3 Å². The van der Waals surface area contributed by atoms with Crippen LogP contribution in [0.4, 0.5) is 10.7 Å². The average molecular weight is 371 g/mol. The fraction of sp³-hybridized carbons (Fsp3) is 0.222. The Kier molecular flexibility index (Phi) is 6.09. The minimum absolute atomic E-state index is 0.243. The Morgan fingerprint density at radius 1 is 1.19 bits per heavy atom. The maximum absolute atomic E-state index is 12.4. The van der Waals surface area contributed by atoms with Crippen LogP contribution in [0.2, 0.25) is 0 Å². The molecule has 2 aromatic rings. The zero-order valence-corrected chi connectivity index (χ0v) is 15.3. The second-order valence-corrected chi connectivity index (χ2v) is 6.67. The molecule has 0 aliphatic heterocycles. The SMILES string of the molecule is CC(=O)Nc1sc(C)c(C)c1C(=O)OCC(=O)Nc1ccccc1C#N. The van der Waals surface area contributed by atoms with E-state index in [4.69, 9.17) is 10.00 Å². The van der Waals surface area contributed by atoms with Gasteiger partial charge in [-0.05, 0) is 31.5 Å². The minimum Gasteiger partial charge on any atom is -0.452 e. The molecule has 0 saturated carbocycles. The quantitative estimate of drug-likeness (QED) is 0.786. The molecule has 0 saturated heterocycles. The molecule has 2 rings (SSSR count). The van der Waals surface area contributed by atoms with Crippen molar-refractivity contribution < 1.29 is 19.1 Å². The lowest BCUT2D eigenvalue weighted by atomic mass is 10.1. The number of aryl methyl sites for hydroxylation is 1. The summed E-state index contributed by atoms with van der Waals surface area (Å²) in [6.45, 7) is 4.41. The van der Waals surface area contributed by atoms with Gasteiger partial charge in [-0.2, -0.15) is 5.26 Å². The number of rotatable bonds is 5. The summed E-state index contributed by atoms with van der Waals surface area (Å²) in [5, 5.41) is 14.5. The molecule has 0 aliphatic rings. The molecule has 0 atom stereocenters. The van der Waals surface area contributed by atoms with Gasteiger partial charge in [0.05, 0.1) is 16.8 Å². The number of esters is 1. The molecule has 7 nitrogen and oxygen atoms in total. The summed E-state index contributed by atoms with van der Waals surface area (Å²) in [7, 11) is 0. The molecule has 1 aromatic carbocycles. The number of nitriles is 1. The molecule has 2 N–H and O–H groups in total. The number of ether oxygens (including phenoxy) is 1. The third-order valence-electron chi connectivity index (χ3n) is 3.53. The summed E-state index contributed by atoms with van der Waals surface area (Å²) in [6.07, 6.45) is 0. The standard InChI is InChI=1S/C18H17N3O4S/c1-10-11(2)26-17(20-12(3)22)16(10)18(24)25-9-15(23)21-14-7-5-4-6-13(14)8-19/h4-7H,9H2,1-3H3,(H,20,22)(H,21,23). The third-order valence-corrected chi connectivity index (χ3v) is 4.66. The number of nitrogens with one attached hydrogen (secondary N) is 2. The van der Waals surface area contributed by atoms with Crippen LogP contribution in [0.25, 0.3) is 0 Å². The highest BCUT2D eigenvalue weighted by atomic mass is 32.1. The maximum atomic E-state index is 12.4. The molecule has 8 heteroatoms. The van der Waals surface area contributed by atoms with Crippen LogP contribution in [0.15, 0.2) is 24.3 Å². The van der Waals surface area contributed by atoms with E-state index in [1.807, 2.05) is 13.0 Å². The summed E-state index contributed by atoms with van der Waals surface area (Å²) in [4.78, 5) is 36.5. The molecule has 1 aromatic heterocycles. The van der Waals surface area contributed by atoms with E-state index in [1.165, 1.54) is 18.3 Å². The van der Waals surface area contributed by atoms with Crippen LogP contribution in [0.1, 0.15) is 33.3 Å². The minimum atomic E-state index is -0.695. The van der Waals surface area contributed by atoms with E-state index in [1.54, 1.807) is 31.2 Å². The van der Waals surface area contributed by atoms with Crippen LogP contribution in [0, 0.1) is 25.2 Å². The first-order chi connectivity index (χ1) is 12.3. The first-order valence-electron chi connectivity index (χ1n) is 7.67. The fourth-order valence-corrected chi connectivity index (χ4v) is 3.29. The van der Waals surface area contributed by atoms with E-state index in [0.717, 1.165) is 4.88 Å². The van der Waals surface area contributed by atoms with E-state index in [9.17, 15) is 14.4 Å². The molecule has 0 spiro atoms. The Labute approximate surface area is 154 Å². The number of thiophene rings is 1. The van der Waals surface area contributed by atoms with Crippen molar-refractivity contribution in [3.8, 4) is 6.07 Å². The molecule has 26 heavy (non-hydrogen) atoms. The van der Waals surface area contributed by atoms with Crippen LogP contribution >= 0.6 is 11.3 Å². The summed E-state index contributed by atoms with van der Waals surface area (Å²) in [5.41, 5.74) is 1.59. The van der Waals surface area contributed by atoms with E-state index >= 15 is 0 Å². The largest absolute Gasteiger partial charge is 0.452 e. The van der Waals surface area contributed by atoms with Gasteiger partial charge < -0.3 is 15.4 Å². The molecule has 2 amide bonds. The molecule has 0 radical (unpaired) electrons. The first-order valence-corrected chi connectivity index (χ1v) is 8.48. The number of carbonyl (C=O) groups excluding carboxylic acids is 3. The first kappa shape index (κ1) is 19.1. The van der Waals surface area contributed by atoms with E-state index in [2.05, 4.69) is 10.6 Å². The van der Waals surface area contributed by atoms with Crippen LogP contribution in [-0.2, 0) is 14.3 Å². The molecular weight excluding hydrogens is 354 g/mol. The van der Waals surface area contributed by atoms with Gasteiger partial charge in [0, 0.05) is 11.8 Å². The Bertz CT molecular complexity index is 912. The summed E-state index contributed by atoms with van der Waals surface area (Å²) < 4.78 is 5.07. The fourth-order valence-electron chi connectivity index (χ4n) is 2.20. The number of carbonyl (C=O) groups is 3. The predicted molar refractivity (Wildman–Crippen MR) is 98.2 cm³/mol. The maximum Gasteiger partial charge on any atom is 0.341 e. The van der Waals surface area contributed by atoms with Gasteiger partial charge in [0.15, 0.2) is 6.61 Å². The molecular formula is C18H17N3O4S. The van der Waals surface area contributed by atoms with Crippen LogP contribution in [0.5, 0.6) is 0 Å². The molecule has 1 heterocycles. The third kappa shape index (κ3) is 4.46. The number of benzene rings is 1. The summed E-state index contributed by atoms with van der Waals surface area (Å²) >= 11 is 1.27. The van der Waals surface area contributed by atoms with Crippen LogP contribution < -0.4 is 10.6 Å². The van der Waals surface area contributed by atoms with Gasteiger partial charge in [0.2, 0.25) is 5.91 Å². The molecule has 134 valence electrons. The van der Waals surface area contributed by atoms with Crippen molar-refractivity contribution in [3.05, 3.63) is 45.8 Å². The lowest BCUT2D eigenvalue weighted by Crippen LogP contribution is -2.22. The van der Waals surface area contributed by atoms with E-state index in [-0.39, 0.29) is 11.5 Å². The van der Waals surface area contributed by atoms with Gasteiger partial charge in [-0.1, -0.05) is 12.1 Å². The van der Waals surface area contributed by atoms with Crippen molar-refractivity contribution in [3.63, 3.8) is 0 Å². The number of anilines is 2. The highest BCUT2D eigenvalue weighted by Crippen LogP contribution is 2.33. The van der Waals surface area contributed by atoms with Crippen molar-refractivity contribution in [2.24, 2.45) is 0 Å². The molecule has 0 unspecified atom stereocenters. The zero-order valence-electron chi connectivity index (χ0n) is 14.5.